The molecule has 0 amide bonds. The van der Waals surface area contributed by atoms with E-state index in [0.717, 1.165) is 24.2 Å². The Morgan fingerprint density at radius 3 is 2.77 bits per heavy atom. The van der Waals surface area contributed by atoms with Crippen LogP contribution in [0.25, 0.3) is 0 Å². The van der Waals surface area contributed by atoms with Gasteiger partial charge in [-0.2, -0.15) is 0 Å². The minimum Gasteiger partial charge on any atom is -0.489 e. The van der Waals surface area contributed by atoms with Crippen molar-refractivity contribution in [3.05, 3.63) is 57.6 Å². The summed E-state index contributed by atoms with van der Waals surface area (Å²) < 4.78 is 33.6. The van der Waals surface area contributed by atoms with Crippen molar-refractivity contribution in [1.82, 2.24) is 10.0 Å². The van der Waals surface area contributed by atoms with Crippen LogP contribution in [-0.2, 0) is 36.1 Å². The van der Waals surface area contributed by atoms with E-state index in [1.165, 1.54) is 17.2 Å². The zero-order valence-electron chi connectivity index (χ0n) is 14.2. The van der Waals surface area contributed by atoms with Gasteiger partial charge in [0, 0.05) is 31.6 Å². The number of halogens is 2. The van der Waals surface area contributed by atoms with Crippen molar-refractivity contribution in [3.63, 3.8) is 0 Å². The third kappa shape index (κ3) is 3.70. The number of sulfonamides is 1. The number of hydrogen-bond donors (Lipinski definition) is 2. The van der Waals surface area contributed by atoms with Gasteiger partial charge in [0.1, 0.15) is 11.9 Å². The molecule has 140 valence electrons. The van der Waals surface area contributed by atoms with Crippen LogP contribution in [0.2, 0.25) is 5.02 Å². The SMILES string of the molecule is CC1Cc2cc(S(=O)(=O)NCc3ccc4c(c3)CNC4)cc(Cl)c2O1.Cl. The molecule has 2 aromatic rings. The molecular formula is C18H20Cl2N2O3S. The van der Waals surface area contributed by atoms with Crippen LogP contribution in [0.15, 0.2) is 35.2 Å². The van der Waals surface area contributed by atoms with E-state index in [1.54, 1.807) is 6.07 Å². The second-order valence-corrected chi connectivity index (χ2v) is 8.73. The van der Waals surface area contributed by atoms with Crippen LogP contribution >= 0.6 is 24.0 Å². The lowest BCUT2D eigenvalue weighted by molar-refractivity contribution is 0.255. The van der Waals surface area contributed by atoms with E-state index >= 15 is 0 Å². The second kappa shape index (κ2) is 7.37. The molecule has 4 rings (SSSR count). The first-order valence-electron chi connectivity index (χ1n) is 8.22. The predicted molar refractivity (Wildman–Crippen MR) is 104 cm³/mol. The molecule has 2 N–H and O–H groups in total. The minimum absolute atomic E-state index is 0. The van der Waals surface area contributed by atoms with E-state index < -0.39 is 10.0 Å². The van der Waals surface area contributed by atoms with E-state index in [4.69, 9.17) is 16.3 Å². The molecule has 0 aromatic heterocycles. The second-order valence-electron chi connectivity index (χ2n) is 6.56. The monoisotopic (exact) mass is 414 g/mol. The Hall–Kier alpha value is -1.31. The number of rotatable bonds is 4. The highest BCUT2D eigenvalue weighted by Gasteiger charge is 2.26. The summed E-state index contributed by atoms with van der Waals surface area (Å²) in [5, 5.41) is 3.62. The average molecular weight is 415 g/mol. The first-order chi connectivity index (χ1) is 11.9. The zero-order valence-corrected chi connectivity index (χ0v) is 16.6. The van der Waals surface area contributed by atoms with Gasteiger partial charge in [-0.05, 0) is 35.7 Å². The average Bonchev–Trinajstić information content (AvgIpc) is 3.18. The highest BCUT2D eigenvalue weighted by Crippen LogP contribution is 2.38. The van der Waals surface area contributed by atoms with E-state index in [9.17, 15) is 8.42 Å². The highest BCUT2D eigenvalue weighted by molar-refractivity contribution is 7.89. The fourth-order valence-corrected chi connectivity index (χ4v) is 4.78. The van der Waals surface area contributed by atoms with Crippen molar-refractivity contribution in [2.24, 2.45) is 0 Å². The smallest absolute Gasteiger partial charge is 0.240 e. The van der Waals surface area contributed by atoms with E-state index in [2.05, 4.69) is 10.0 Å². The highest BCUT2D eigenvalue weighted by atomic mass is 35.5. The summed E-state index contributed by atoms with van der Waals surface area (Å²) in [4.78, 5) is 0.178. The van der Waals surface area contributed by atoms with Crippen LogP contribution in [0.4, 0.5) is 0 Å². The summed E-state index contributed by atoms with van der Waals surface area (Å²) >= 11 is 6.20. The number of hydrogen-bond acceptors (Lipinski definition) is 4. The first kappa shape index (κ1) is 19.5. The normalized spacial score (nSPS) is 18.0. The molecule has 0 bridgehead atoms. The number of fused-ring (bicyclic) bond motifs is 2. The van der Waals surface area contributed by atoms with Crippen LogP contribution in [0, 0.1) is 0 Å². The van der Waals surface area contributed by atoms with E-state index in [-0.39, 0.29) is 30.0 Å². The maximum atomic E-state index is 12.6. The maximum absolute atomic E-state index is 12.6. The Kier molecular flexibility index (Phi) is 5.51. The molecule has 0 radical (unpaired) electrons. The van der Waals surface area contributed by atoms with Crippen LogP contribution in [0.3, 0.4) is 0 Å². The molecule has 0 saturated carbocycles. The van der Waals surface area contributed by atoms with Crippen molar-refractivity contribution in [1.29, 1.82) is 0 Å². The summed E-state index contributed by atoms with van der Waals surface area (Å²) in [6.45, 7) is 3.88. The van der Waals surface area contributed by atoms with Gasteiger partial charge in [0.05, 0.1) is 9.92 Å². The summed E-state index contributed by atoms with van der Waals surface area (Å²) in [6, 6.07) is 9.15. The molecule has 2 aliphatic heterocycles. The molecule has 0 spiro atoms. The summed E-state index contributed by atoms with van der Waals surface area (Å²) in [7, 11) is -3.64. The molecule has 26 heavy (non-hydrogen) atoms. The third-order valence-corrected chi connectivity index (χ3v) is 6.26. The lowest BCUT2D eigenvalue weighted by Gasteiger charge is -2.10. The topological polar surface area (TPSA) is 67.4 Å². The Morgan fingerprint density at radius 1 is 1.19 bits per heavy atom. The predicted octanol–water partition coefficient (Wildman–Crippen LogP) is 3.17. The van der Waals surface area contributed by atoms with Gasteiger partial charge in [-0.15, -0.1) is 12.4 Å². The molecule has 0 aliphatic carbocycles. The van der Waals surface area contributed by atoms with E-state index in [0.29, 0.717) is 17.2 Å². The zero-order chi connectivity index (χ0) is 17.6. The largest absolute Gasteiger partial charge is 0.489 e. The van der Waals surface area contributed by atoms with Gasteiger partial charge in [-0.3, -0.25) is 0 Å². The van der Waals surface area contributed by atoms with Crippen LogP contribution in [0.1, 0.15) is 29.2 Å². The molecule has 1 unspecified atom stereocenters. The fourth-order valence-electron chi connectivity index (χ4n) is 3.33. The maximum Gasteiger partial charge on any atom is 0.240 e. The van der Waals surface area contributed by atoms with Crippen molar-refractivity contribution < 1.29 is 13.2 Å². The molecule has 2 heterocycles. The van der Waals surface area contributed by atoms with Crippen molar-refractivity contribution in [3.8, 4) is 5.75 Å². The Labute approximate surface area is 164 Å². The Bertz CT molecular complexity index is 948. The molecule has 0 saturated heterocycles. The number of ether oxygens (including phenoxy) is 1. The van der Waals surface area contributed by atoms with Gasteiger partial charge >= 0.3 is 0 Å². The van der Waals surface area contributed by atoms with Gasteiger partial charge in [0.25, 0.3) is 0 Å². The van der Waals surface area contributed by atoms with Crippen LogP contribution in [-0.4, -0.2) is 14.5 Å². The van der Waals surface area contributed by atoms with E-state index in [1.807, 2.05) is 25.1 Å². The van der Waals surface area contributed by atoms with Crippen LogP contribution < -0.4 is 14.8 Å². The number of nitrogens with one attached hydrogen (secondary N) is 2. The Morgan fingerprint density at radius 2 is 1.96 bits per heavy atom. The van der Waals surface area contributed by atoms with Gasteiger partial charge in [0.2, 0.25) is 10.0 Å². The summed E-state index contributed by atoms with van der Waals surface area (Å²) in [5.41, 5.74) is 4.27. The summed E-state index contributed by atoms with van der Waals surface area (Å²) in [6.07, 6.45) is 0.675. The standard InChI is InChI=1S/C18H19ClN2O3S.ClH/c1-11-4-14-6-16(7-17(19)18(14)24-11)25(22,23)21-8-12-2-3-13-9-20-10-15(13)5-12;/h2-3,5-7,11,20-21H,4,8-10H2,1H3;1H. The molecule has 5 nitrogen and oxygen atoms in total. The summed E-state index contributed by atoms with van der Waals surface area (Å²) in [5.74, 6) is 0.597. The minimum atomic E-state index is -3.64. The van der Waals surface area contributed by atoms with Gasteiger partial charge in [0.15, 0.2) is 0 Å². The first-order valence-corrected chi connectivity index (χ1v) is 10.1. The van der Waals surface area contributed by atoms with Crippen molar-refractivity contribution in [2.75, 3.05) is 0 Å². The molecular weight excluding hydrogens is 395 g/mol. The molecule has 2 aliphatic rings. The van der Waals surface area contributed by atoms with Crippen molar-refractivity contribution in [2.45, 2.75) is 44.0 Å². The molecule has 2 aromatic carbocycles. The third-order valence-electron chi connectivity index (χ3n) is 4.60. The lowest BCUT2D eigenvalue weighted by Crippen LogP contribution is -2.23. The Balaban J connectivity index is 0.00000196. The van der Waals surface area contributed by atoms with Crippen LogP contribution in [0.5, 0.6) is 5.75 Å². The van der Waals surface area contributed by atoms with Gasteiger partial charge in [-0.25, -0.2) is 13.1 Å². The molecule has 8 heteroatoms. The fraction of sp³-hybridized carbons (Fsp3) is 0.333. The van der Waals surface area contributed by atoms with Gasteiger partial charge in [-0.1, -0.05) is 29.8 Å². The van der Waals surface area contributed by atoms with Crippen molar-refractivity contribution >= 4 is 34.0 Å². The number of benzene rings is 2. The molecule has 1 atom stereocenters. The lowest BCUT2D eigenvalue weighted by atomic mass is 10.1. The van der Waals surface area contributed by atoms with Gasteiger partial charge < -0.3 is 10.1 Å². The quantitative estimate of drug-likeness (QED) is 0.805. The molecule has 0 fully saturated rings.